The van der Waals surface area contributed by atoms with Crippen molar-refractivity contribution < 1.29 is 10.0 Å². The summed E-state index contributed by atoms with van der Waals surface area (Å²) in [6.45, 7) is 0. The molecule has 0 spiro atoms. The molecular weight excluding hydrogens is 246 g/mol. The van der Waals surface area contributed by atoms with Gasteiger partial charge in [-0.1, -0.05) is 17.3 Å². The number of nitrogens with zero attached hydrogens (tertiary/aromatic N) is 3. The highest BCUT2D eigenvalue weighted by Gasteiger charge is 2.09. The molecule has 1 amide bonds. The number of nitrogens with two attached hydrogens (primary N) is 1. The molecule has 0 aliphatic carbocycles. The molecule has 4 N–H and O–H groups in total. The van der Waals surface area contributed by atoms with Crippen LogP contribution < -0.4 is 11.1 Å². The van der Waals surface area contributed by atoms with Gasteiger partial charge in [-0.05, 0) is 12.1 Å². The Kier molecular flexibility index (Phi) is 3.46. The maximum atomic E-state index is 12.0. The van der Waals surface area contributed by atoms with Crippen LogP contribution in [0.4, 0.5) is 5.69 Å². The third-order valence-corrected chi connectivity index (χ3v) is 2.49. The summed E-state index contributed by atoms with van der Waals surface area (Å²) in [5.74, 6) is -0.336. The summed E-state index contributed by atoms with van der Waals surface area (Å²) < 4.78 is 1.59. The zero-order valence-electron chi connectivity index (χ0n) is 10.2. The number of hydrogen-bond acceptors (Lipinski definition) is 4. The van der Waals surface area contributed by atoms with Gasteiger partial charge >= 0.3 is 0 Å². The highest BCUT2D eigenvalue weighted by atomic mass is 16.4. The molecule has 0 radical (unpaired) electrons. The van der Waals surface area contributed by atoms with E-state index in [4.69, 9.17) is 10.9 Å². The molecule has 2 aromatic rings. The van der Waals surface area contributed by atoms with E-state index in [2.05, 4.69) is 15.6 Å². The Morgan fingerprint density at radius 2 is 2.21 bits per heavy atom. The summed E-state index contributed by atoms with van der Waals surface area (Å²) in [4.78, 5) is 12.0. The van der Waals surface area contributed by atoms with Gasteiger partial charge in [0.05, 0.1) is 11.9 Å². The van der Waals surface area contributed by atoms with Gasteiger partial charge in [0.25, 0.3) is 5.91 Å². The fraction of sp³-hybridized carbons (Fsp3) is 0.0833. The van der Waals surface area contributed by atoms with E-state index in [1.807, 2.05) is 0 Å². The van der Waals surface area contributed by atoms with E-state index < -0.39 is 0 Å². The van der Waals surface area contributed by atoms with Gasteiger partial charge in [-0.25, -0.2) is 0 Å². The van der Waals surface area contributed by atoms with Crippen LogP contribution in [0.1, 0.15) is 15.9 Å². The van der Waals surface area contributed by atoms with Crippen LogP contribution in [0.5, 0.6) is 0 Å². The fourth-order valence-corrected chi connectivity index (χ4v) is 1.57. The van der Waals surface area contributed by atoms with Gasteiger partial charge in [-0.2, -0.15) is 5.10 Å². The van der Waals surface area contributed by atoms with E-state index in [9.17, 15) is 4.79 Å². The molecule has 0 atom stereocenters. The van der Waals surface area contributed by atoms with Crippen LogP contribution in [-0.4, -0.2) is 26.7 Å². The van der Waals surface area contributed by atoms with E-state index in [1.165, 1.54) is 0 Å². The largest absolute Gasteiger partial charge is 0.409 e. The lowest BCUT2D eigenvalue weighted by atomic mass is 10.1. The Balaban J connectivity index is 2.19. The van der Waals surface area contributed by atoms with Crippen LogP contribution in [0.2, 0.25) is 0 Å². The molecule has 98 valence electrons. The van der Waals surface area contributed by atoms with Crippen molar-refractivity contribution in [1.82, 2.24) is 9.78 Å². The van der Waals surface area contributed by atoms with Crippen LogP contribution in [-0.2, 0) is 7.05 Å². The number of amides is 1. The third-order valence-electron chi connectivity index (χ3n) is 2.49. The zero-order chi connectivity index (χ0) is 13.8. The minimum absolute atomic E-state index is 0.0453. The molecule has 1 aromatic carbocycles. The molecule has 0 saturated carbocycles. The van der Waals surface area contributed by atoms with Crippen molar-refractivity contribution in [3.8, 4) is 0 Å². The molecule has 0 fully saturated rings. The van der Waals surface area contributed by atoms with Gasteiger partial charge in [0.2, 0.25) is 0 Å². The third kappa shape index (κ3) is 2.89. The van der Waals surface area contributed by atoms with Gasteiger partial charge in [0.1, 0.15) is 0 Å². The smallest absolute Gasteiger partial charge is 0.255 e. The molecule has 0 aliphatic rings. The predicted molar refractivity (Wildman–Crippen MR) is 70.1 cm³/mol. The lowest BCUT2D eigenvalue weighted by molar-refractivity contribution is 0.102. The second kappa shape index (κ2) is 5.21. The maximum Gasteiger partial charge on any atom is 0.255 e. The second-order valence-electron chi connectivity index (χ2n) is 3.92. The van der Waals surface area contributed by atoms with Crippen LogP contribution in [0.3, 0.4) is 0 Å². The number of benzene rings is 1. The molecule has 1 aromatic heterocycles. The second-order valence-corrected chi connectivity index (χ2v) is 3.92. The molecule has 0 bridgehead atoms. The first-order valence-electron chi connectivity index (χ1n) is 5.48. The summed E-state index contributed by atoms with van der Waals surface area (Å²) in [6, 6.07) is 6.49. The number of oxime groups is 1. The average Bonchev–Trinajstić information content (AvgIpc) is 2.83. The average molecular weight is 259 g/mol. The van der Waals surface area contributed by atoms with E-state index >= 15 is 0 Å². The topological polar surface area (TPSA) is 106 Å². The van der Waals surface area contributed by atoms with E-state index in [-0.39, 0.29) is 11.7 Å². The lowest BCUT2D eigenvalue weighted by Gasteiger charge is -2.04. The molecule has 2 rings (SSSR count). The molecule has 7 nitrogen and oxygen atoms in total. The number of nitrogens with one attached hydrogen (secondary N) is 1. The quantitative estimate of drug-likeness (QED) is 0.327. The van der Waals surface area contributed by atoms with Crippen molar-refractivity contribution in [2.24, 2.45) is 17.9 Å². The van der Waals surface area contributed by atoms with Gasteiger partial charge < -0.3 is 16.3 Å². The fourth-order valence-electron chi connectivity index (χ4n) is 1.57. The normalized spacial score (nSPS) is 11.3. The van der Waals surface area contributed by atoms with Crippen LogP contribution in [0.25, 0.3) is 0 Å². The monoisotopic (exact) mass is 259 g/mol. The number of aryl methyl sites for hydroxylation is 1. The summed E-state index contributed by atoms with van der Waals surface area (Å²) in [6.07, 6.45) is 3.23. The van der Waals surface area contributed by atoms with E-state index in [0.717, 1.165) is 0 Å². The number of aromatic nitrogens is 2. The number of amidine groups is 1. The minimum Gasteiger partial charge on any atom is -0.409 e. The van der Waals surface area contributed by atoms with Crippen LogP contribution >= 0.6 is 0 Å². The van der Waals surface area contributed by atoms with Crippen molar-refractivity contribution in [3.63, 3.8) is 0 Å². The number of hydrogen-bond donors (Lipinski definition) is 3. The number of anilines is 1. The summed E-state index contributed by atoms with van der Waals surface area (Å²) in [5.41, 5.74) is 6.96. The Bertz CT molecular complexity index is 633. The predicted octanol–water partition coefficient (Wildman–Crippen LogP) is 0.767. The van der Waals surface area contributed by atoms with Crippen molar-refractivity contribution in [2.45, 2.75) is 0 Å². The Morgan fingerprint density at radius 3 is 2.84 bits per heavy atom. The van der Waals surface area contributed by atoms with Crippen molar-refractivity contribution >= 4 is 17.4 Å². The Morgan fingerprint density at radius 1 is 1.47 bits per heavy atom. The first-order valence-corrected chi connectivity index (χ1v) is 5.48. The summed E-state index contributed by atoms with van der Waals surface area (Å²) in [7, 11) is 1.76. The van der Waals surface area contributed by atoms with E-state index in [0.29, 0.717) is 16.8 Å². The molecule has 0 saturated heterocycles. The van der Waals surface area contributed by atoms with E-state index in [1.54, 1.807) is 48.4 Å². The molecule has 0 aliphatic heterocycles. The highest BCUT2D eigenvalue weighted by Crippen LogP contribution is 2.09. The van der Waals surface area contributed by atoms with Gasteiger partial charge in [-0.15, -0.1) is 0 Å². The lowest BCUT2D eigenvalue weighted by Crippen LogP contribution is -2.16. The summed E-state index contributed by atoms with van der Waals surface area (Å²) in [5, 5.41) is 18.2. The molecule has 7 heteroatoms. The van der Waals surface area contributed by atoms with Gasteiger partial charge in [0, 0.05) is 24.4 Å². The molecule has 19 heavy (non-hydrogen) atoms. The molecule has 1 heterocycles. The van der Waals surface area contributed by atoms with Crippen molar-refractivity contribution in [2.75, 3.05) is 5.32 Å². The number of carbonyl (C=O) groups is 1. The molecular formula is C12H13N5O2. The number of rotatable bonds is 3. The molecule has 0 unspecified atom stereocenters. The summed E-state index contributed by atoms with van der Waals surface area (Å²) >= 11 is 0. The SMILES string of the molecule is Cn1cc(NC(=O)c2cccc(/C(N)=N/O)c2)cn1. The van der Waals surface area contributed by atoms with Gasteiger partial charge in [-0.3, -0.25) is 9.48 Å². The van der Waals surface area contributed by atoms with Crippen LogP contribution in [0, 0.1) is 0 Å². The Labute approximate surface area is 109 Å². The Hall–Kier alpha value is -2.83. The first kappa shape index (κ1) is 12.6. The standard InChI is InChI=1S/C12H13N5O2/c1-17-7-10(6-14-17)15-12(18)9-4-2-3-8(5-9)11(13)16-19/h2-7,19H,1H3,(H2,13,16)(H,15,18). The van der Waals surface area contributed by atoms with Crippen molar-refractivity contribution in [3.05, 3.63) is 47.8 Å². The minimum atomic E-state index is -0.291. The zero-order valence-corrected chi connectivity index (χ0v) is 10.2. The maximum absolute atomic E-state index is 12.0. The first-order chi connectivity index (χ1) is 9.10. The van der Waals surface area contributed by atoms with Gasteiger partial charge in [0.15, 0.2) is 5.84 Å². The van der Waals surface area contributed by atoms with Crippen molar-refractivity contribution in [1.29, 1.82) is 0 Å². The number of carbonyl (C=O) groups excluding carboxylic acids is 1. The van der Waals surface area contributed by atoms with Crippen LogP contribution in [0.15, 0.2) is 41.8 Å². The highest BCUT2D eigenvalue weighted by molar-refractivity contribution is 6.06.